The number of amides is 1. The van der Waals surface area contributed by atoms with E-state index in [9.17, 15) is 4.79 Å². The second kappa shape index (κ2) is 9.99. The summed E-state index contributed by atoms with van der Waals surface area (Å²) >= 11 is 5.43. The zero-order valence-corrected chi connectivity index (χ0v) is 19.2. The van der Waals surface area contributed by atoms with E-state index in [1.165, 1.54) is 0 Å². The van der Waals surface area contributed by atoms with Crippen molar-refractivity contribution in [2.24, 2.45) is 0 Å². The molecule has 1 amide bonds. The number of H-pyrrole nitrogens is 1. The molecule has 1 aliphatic rings. The van der Waals surface area contributed by atoms with Crippen LogP contribution in [0.5, 0.6) is 11.5 Å². The van der Waals surface area contributed by atoms with E-state index in [1.54, 1.807) is 7.11 Å². The number of carbonyl (C=O) groups excluding carboxylic acids is 1. The molecule has 0 saturated carbocycles. The summed E-state index contributed by atoms with van der Waals surface area (Å²) < 4.78 is 13.2. The molecule has 2 aromatic carbocycles. The van der Waals surface area contributed by atoms with Crippen LogP contribution in [-0.4, -0.2) is 45.8 Å². The minimum atomic E-state index is 0.108. The molecule has 8 heteroatoms. The van der Waals surface area contributed by atoms with Crippen molar-refractivity contribution in [2.75, 3.05) is 20.3 Å². The fraction of sp³-hybridized carbons (Fsp3) is 0.375. The third kappa shape index (κ3) is 4.70. The van der Waals surface area contributed by atoms with Crippen molar-refractivity contribution < 1.29 is 14.3 Å². The molecule has 0 spiro atoms. The van der Waals surface area contributed by atoms with Crippen LogP contribution in [0.2, 0.25) is 0 Å². The van der Waals surface area contributed by atoms with Gasteiger partial charge in [0.1, 0.15) is 11.5 Å². The number of nitrogens with one attached hydrogen (secondary N) is 1. The summed E-state index contributed by atoms with van der Waals surface area (Å²) in [7, 11) is 1.63. The van der Waals surface area contributed by atoms with Gasteiger partial charge < -0.3 is 14.4 Å². The monoisotopic (exact) mass is 452 g/mol. The molecule has 3 aromatic rings. The minimum absolute atomic E-state index is 0.108. The van der Waals surface area contributed by atoms with Crippen LogP contribution >= 0.6 is 12.2 Å². The molecule has 0 unspecified atom stereocenters. The van der Waals surface area contributed by atoms with Gasteiger partial charge in [0.2, 0.25) is 5.91 Å². The first kappa shape index (κ1) is 22.1. The predicted octanol–water partition coefficient (Wildman–Crippen LogP) is 4.77. The summed E-state index contributed by atoms with van der Waals surface area (Å²) in [5.41, 5.74) is 2.07. The SMILES string of the molecule is CCOc1ccc([C@@H]2CCCN2C(=O)CCn2c(-c3ccc(OC)cc3)n[nH]c2=S)cc1. The average Bonchev–Trinajstić information content (AvgIpc) is 3.45. The van der Waals surface area contributed by atoms with E-state index >= 15 is 0 Å². The maximum Gasteiger partial charge on any atom is 0.224 e. The number of rotatable bonds is 8. The Balaban J connectivity index is 1.45. The van der Waals surface area contributed by atoms with E-state index in [1.807, 2.05) is 52.8 Å². The van der Waals surface area contributed by atoms with Crippen LogP contribution < -0.4 is 9.47 Å². The molecule has 4 rings (SSSR count). The number of carbonyl (C=O) groups is 1. The van der Waals surface area contributed by atoms with Gasteiger partial charge in [0, 0.05) is 25.1 Å². The minimum Gasteiger partial charge on any atom is -0.497 e. The lowest BCUT2D eigenvalue weighted by atomic mass is 10.0. The lowest BCUT2D eigenvalue weighted by Gasteiger charge is -2.25. The summed E-state index contributed by atoms with van der Waals surface area (Å²) in [5, 5.41) is 7.23. The fourth-order valence-corrected chi connectivity index (χ4v) is 4.42. The van der Waals surface area contributed by atoms with Crippen molar-refractivity contribution in [3.05, 3.63) is 58.9 Å². The van der Waals surface area contributed by atoms with Gasteiger partial charge in [-0.25, -0.2) is 0 Å². The predicted molar refractivity (Wildman–Crippen MR) is 125 cm³/mol. The van der Waals surface area contributed by atoms with Crippen LogP contribution in [-0.2, 0) is 11.3 Å². The quantitative estimate of drug-likeness (QED) is 0.499. The largest absolute Gasteiger partial charge is 0.497 e. The maximum atomic E-state index is 13.1. The number of ether oxygens (including phenoxy) is 2. The summed E-state index contributed by atoms with van der Waals surface area (Å²) in [6.45, 7) is 3.86. The van der Waals surface area contributed by atoms with E-state index in [2.05, 4.69) is 22.3 Å². The van der Waals surface area contributed by atoms with Crippen molar-refractivity contribution in [1.82, 2.24) is 19.7 Å². The number of methoxy groups -OCH3 is 1. The molecule has 0 aliphatic carbocycles. The van der Waals surface area contributed by atoms with Gasteiger partial charge in [-0.1, -0.05) is 12.1 Å². The first-order valence-electron chi connectivity index (χ1n) is 10.9. The highest BCUT2D eigenvalue weighted by Gasteiger charge is 2.29. The third-order valence-electron chi connectivity index (χ3n) is 5.80. The number of benzene rings is 2. The molecule has 1 atom stereocenters. The van der Waals surface area contributed by atoms with E-state index in [0.29, 0.717) is 24.3 Å². The normalized spacial score (nSPS) is 15.7. The van der Waals surface area contributed by atoms with Gasteiger partial charge in [-0.3, -0.25) is 14.5 Å². The number of hydrogen-bond donors (Lipinski definition) is 1. The smallest absolute Gasteiger partial charge is 0.224 e. The summed E-state index contributed by atoms with van der Waals surface area (Å²) in [6.07, 6.45) is 2.35. The first-order chi connectivity index (χ1) is 15.6. The average molecular weight is 453 g/mol. The Morgan fingerprint density at radius 2 is 1.88 bits per heavy atom. The molecule has 168 valence electrons. The third-order valence-corrected chi connectivity index (χ3v) is 6.12. The summed E-state index contributed by atoms with van der Waals surface area (Å²) in [5.74, 6) is 2.48. The molecular weight excluding hydrogens is 424 g/mol. The molecule has 7 nitrogen and oxygen atoms in total. The standard InChI is InChI=1S/C24H28N4O3S/c1-3-31-20-12-6-17(7-13-20)21-5-4-15-27(21)22(29)14-16-28-23(25-26-24(28)32)18-8-10-19(30-2)11-9-18/h6-13,21H,3-5,14-16H2,1-2H3,(H,26,32)/t21-/m0/s1. The van der Waals surface area contributed by atoms with Gasteiger partial charge in [-0.05, 0) is 73.9 Å². The Kier molecular flexibility index (Phi) is 6.90. The molecule has 1 aliphatic heterocycles. The molecule has 1 fully saturated rings. The van der Waals surface area contributed by atoms with Crippen LogP contribution in [0.25, 0.3) is 11.4 Å². The van der Waals surface area contributed by atoms with Gasteiger partial charge in [0.05, 0.1) is 19.8 Å². The van der Waals surface area contributed by atoms with E-state index in [-0.39, 0.29) is 11.9 Å². The van der Waals surface area contributed by atoms with E-state index in [0.717, 1.165) is 47.8 Å². The molecule has 1 N–H and O–H groups in total. The molecule has 0 bridgehead atoms. The van der Waals surface area contributed by atoms with Gasteiger partial charge >= 0.3 is 0 Å². The number of likely N-dealkylation sites (tertiary alicyclic amines) is 1. The maximum absolute atomic E-state index is 13.1. The number of hydrogen-bond acceptors (Lipinski definition) is 5. The summed E-state index contributed by atoms with van der Waals surface area (Å²) in [4.78, 5) is 15.1. The molecule has 1 aromatic heterocycles. The molecule has 32 heavy (non-hydrogen) atoms. The zero-order chi connectivity index (χ0) is 22.5. The zero-order valence-electron chi connectivity index (χ0n) is 18.4. The van der Waals surface area contributed by atoms with Crippen LogP contribution in [0.4, 0.5) is 0 Å². The lowest BCUT2D eigenvalue weighted by Crippen LogP contribution is -2.31. The van der Waals surface area contributed by atoms with Crippen LogP contribution in [0.3, 0.4) is 0 Å². The molecule has 2 heterocycles. The Morgan fingerprint density at radius 1 is 1.16 bits per heavy atom. The Labute approximate surface area is 193 Å². The van der Waals surface area contributed by atoms with Gasteiger partial charge in [0.15, 0.2) is 10.6 Å². The Bertz CT molecular complexity index is 1110. The first-order valence-corrected chi connectivity index (χ1v) is 11.3. The Morgan fingerprint density at radius 3 is 2.56 bits per heavy atom. The number of nitrogens with zero attached hydrogens (tertiary/aromatic N) is 3. The van der Waals surface area contributed by atoms with Crippen molar-refractivity contribution in [1.29, 1.82) is 0 Å². The second-order valence-corrected chi connectivity index (χ2v) is 8.12. The highest BCUT2D eigenvalue weighted by atomic mass is 32.1. The second-order valence-electron chi connectivity index (χ2n) is 7.73. The molecule has 0 radical (unpaired) electrons. The van der Waals surface area contributed by atoms with Crippen LogP contribution in [0.1, 0.15) is 37.8 Å². The van der Waals surface area contributed by atoms with Crippen LogP contribution in [0, 0.1) is 4.77 Å². The Hall–Kier alpha value is -3.13. The number of aromatic nitrogens is 3. The fourth-order valence-electron chi connectivity index (χ4n) is 4.20. The van der Waals surface area contributed by atoms with Gasteiger partial charge in [-0.2, -0.15) is 5.10 Å². The van der Waals surface area contributed by atoms with Crippen molar-refractivity contribution in [3.8, 4) is 22.9 Å². The topological polar surface area (TPSA) is 72.4 Å². The van der Waals surface area contributed by atoms with Crippen molar-refractivity contribution in [2.45, 2.75) is 38.8 Å². The van der Waals surface area contributed by atoms with Gasteiger partial charge in [-0.15, -0.1) is 0 Å². The van der Waals surface area contributed by atoms with Gasteiger partial charge in [0.25, 0.3) is 0 Å². The van der Waals surface area contributed by atoms with E-state index < -0.39 is 0 Å². The summed E-state index contributed by atoms with van der Waals surface area (Å²) in [6, 6.07) is 15.8. The number of aromatic amines is 1. The highest BCUT2D eigenvalue weighted by molar-refractivity contribution is 7.71. The molecule has 1 saturated heterocycles. The lowest BCUT2D eigenvalue weighted by molar-refractivity contribution is -0.132. The highest BCUT2D eigenvalue weighted by Crippen LogP contribution is 2.33. The van der Waals surface area contributed by atoms with Crippen molar-refractivity contribution in [3.63, 3.8) is 0 Å². The van der Waals surface area contributed by atoms with Crippen molar-refractivity contribution >= 4 is 18.1 Å². The molecular formula is C24H28N4O3S. The van der Waals surface area contributed by atoms with E-state index in [4.69, 9.17) is 21.7 Å². The van der Waals surface area contributed by atoms with Crippen LogP contribution in [0.15, 0.2) is 48.5 Å².